The molecule has 112 valence electrons. The van der Waals surface area contributed by atoms with E-state index in [-0.39, 0.29) is 5.69 Å². The van der Waals surface area contributed by atoms with Crippen molar-refractivity contribution in [2.45, 2.75) is 38.4 Å². The van der Waals surface area contributed by atoms with Crippen molar-refractivity contribution in [2.24, 2.45) is 5.73 Å². The molecule has 0 aliphatic rings. The van der Waals surface area contributed by atoms with E-state index in [2.05, 4.69) is 10.3 Å². The molecule has 1 aromatic rings. The molecule has 1 atom stereocenters. The number of hydrogen-bond acceptors (Lipinski definition) is 3. The van der Waals surface area contributed by atoms with Gasteiger partial charge in [-0.15, -0.1) is 0 Å². The number of nitrogens with one attached hydrogen (secondary N) is 1. The number of rotatable bonds is 5. The lowest BCUT2D eigenvalue weighted by molar-refractivity contribution is -0.137. The molecular weight excluding hydrogens is 271 g/mol. The number of carbonyl (C=O) groups is 1. The van der Waals surface area contributed by atoms with Crippen molar-refractivity contribution in [1.29, 1.82) is 0 Å². The second-order valence-electron chi connectivity index (χ2n) is 4.84. The largest absolute Gasteiger partial charge is 0.417 e. The van der Waals surface area contributed by atoms with Gasteiger partial charge in [-0.1, -0.05) is 6.92 Å². The van der Waals surface area contributed by atoms with Gasteiger partial charge in [0.2, 0.25) is 0 Å². The van der Waals surface area contributed by atoms with Crippen molar-refractivity contribution < 1.29 is 18.0 Å². The van der Waals surface area contributed by atoms with Crippen molar-refractivity contribution in [2.75, 3.05) is 6.54 Å². The van der Waals surface area contributed by atoms with E-state index < -0.39 is 23.2 Å². The number of alkyl halides is 3. The zero-order valence-electron chi connectivity index (χ0n) is 11.4. The zero-order chi connectivity index (χ0) is 15.4. The number of pyridine rings is 1. The van der Waals surface area contributed by atoms with Gasteiger partial charge in [0.25, 0.3) is 5.91 Å². The first kappa shape index (κ1) is 16.4. The Balaban J connectivity index is 2.83. The van der Waals surface area contributed by atoms with Gasteiger partial charge < -0.3 is 11.1 Å². The molecule has 0 saturated carbocycles. The fourth-order valence-corrected chi connectivity index (χ4v) is 1.68. The van der Waals surface area contributed by atoms with Crippen LogP contribution < -0.4 is 11.1 Å². The molecule has 0 spiro atoms. The molecule has 1 heterocycles. The van der Waals surface area contributed by atoms with Gasteiger partial charge in [0.05, 0.1) is 5.56 Å². The summed E-state index contributed by atoms with van der Waals surface area (Å²) in [5.74, 6) is -0.503. The molecule has 3 N–H and O–H groups in total. The topological polar surface area (TPSA) is 68.0 Å². The summed E-state index contributed by atoms with van der Waals surface area (Å²) in [6.45, 7) is 4.14. The Morgan fingerprint density at radius 2 is 2.05 bits per heavy atom. The lowest BCUT2D eigenvalue weighted by Crippen LogP contribution is -2.47. The van der Waals surface area contributed by atoms with Gasteiger partial charge >= 0.3 is 6.18 Å². The van der Waals surface area contributed by atoms with E-state index in [1.54, 1.807) is 0 Å². The Kier molecular flexibility index (Phi) is 5.10. The van der Waals surface area contributed by atoms with Crippen LogP contribution in [-0.4, -0.2) is 23.0 Å². The minimum absolute atomic E-state index is 0.0466. The highest BCUT2D eigenvalue weighted by molar-refractivity contribution is 5.92. The number of amides is 1. The summed E-state index contributed by atoms with van der Waals surface area (Å²) < 4.78 is 37.2. The number of nitrogens with two attached hydrogens (primary N) is 1. The maximum Gasteiger partial charge on any atom is 0.417 e. The molecule has 20 heavy (non-hydrogen) atoms. The zero-order valence-corrected chi connectivity index (χ0v) is 11.4. The quantitative estimate of drug-likeness (QED) is 0.874. The predicted octanol–water partition coefficient (Wildman–Crippen LogP) is 2.35. The number of hydrogen-bond donors (Lipinski definition) is 2. The fraction of sp³-hybridized carbons (Fsp3) is 0.538. The first-order valence-corrected chi connectivity index (χ1v) is 6.27. The van der Waals surface area contributed by atoms with Gasteiger partial charge in [0, 0.05) is 11.7 Å². The van der Waals surface area contributed by atoms with E-state index in [1.807, 2.05) is 13.8 Å². The molecule has 0 aromatic carbocycles. The number of halogens is 3. The van der Waals surface area contributed by atoms with Crippen LogP contribution in [0.25, 0.3) is 0 Å². The summed E-state index contributed by atoms with van der Waals surface area (Å²) in [7, 11) is 0. The third-order valence-electron chi connectivity index (χ3n) is 3.22. The highest BCUT2D eigenvalue weighted by Gasteiger charge is 2.31. The number of nitrogens with zero attached hydrogens (tertiary/aromatic N) is 1. The van der Waals surface area contributed by atoms with Crippen LogP contribution in [0.3, 0.4) is 0 Å². The minimum atomic E-state index is -4.46. The molecular formula is C13H18F3N3O. The standard InChI is InChI=1S/C13H18F3N3O/c1-3-12(2,6-7-17)19-11(20)10-5-4-9(8-18-10)13(14,15)16/h4-5,8H,3,6-7,17H2,1-2H3,(H,19,20). The van der Waals surface area contributed by atoms with Crippen LogP contribution in [0.2, 0.25) is 0 Å². The van der Waals surface area contributed by atoms with E-state index in [1.165, 1.54) is 0 Å². The van der Waals surface area contributed by atoms with E-state index in [0.29, 0.717) is 25.6 Å². The number of carbonyl (C=O) groups excluding carboxylic acids is 1. The minimum Gasteiger partial charge on any atom is -0.346 e. The predicted molar refractivity (Wildman–Crippen MR) is 69.1 cm³/mol. The molecule has 0 saturated heterocycles. The van der Waals surface area contributed by atoms with Crippen molar-refractivity contribution >= 4 is 5.91 Å². The molecule has 4 nitrogen and oxygen atoms in total. The summed E-state index contributed by atoms with van der Waals surface area (Å²) in [5, 5.41) is 2.76. The Morgan fingerprint density at radius 3 is 2.45 bits per heavy atom. The molecule has 1 unspecified atom stereocenters. The Hall–Kier alpha value is -1.63. The first-order chi connectivity index (χ1) is 9.22. The van der Waals surface area contributed by atoms with Crippen LogP contribution in [0.4, 0.5) is 13.2 Å². The van der Waals surface area contributed by atoms with Crippen LogP contribution in [0, 0.1) is 0 Å². The maximum absolute atomic E-state index is 12.4. The normalized spacial score (nSPS) is 14.7. The molecule has 1 aromatic heterocycles. The summed E-state index contributed by atoms with van der Waals surface area (Å²) in [5.41, 5.74) is 4.06. The summed E-state index contributed by atoms with van der Waals surface area (Å²) in [6.07, 6.45) is -2.56. The summed E-state index contributed by atoms with van der Waals surface area (Å²) >= 11 is 0. The molecule has 0 radical (unpaired) electrons. The fourth-order valence-electron chi connectivity index (χ4n) is 1.68. The second kappa shape index (κ2) is 6.21. The lowest BCUT2D eigenvalue weighted by atomic mass is 9.94. The second-order valence-corrected chi connectivity index (χ2v) is 4.84. The van der Waals surface area contributed by atoms with Gasteiger partial charge in [0.15, 0.2) is 0 Å². The van der Waals surface area contributed by atoms with Gasteiger partial charge in [-0.2, -0.15) is 13.2 Å². The monoisotopic (exact) mass is 289 g/mol. The maximum atomic E-state index is 12.4. The molecule has 0 aliphatic carbocycles. The molecule has 1 amide bonds. The highest BCUT2D eigenvalue weighted by Crippen LogP contribution is 2.28. The average molecular weight is 289 g/mol. The van der Waals surface area contributed by atoms with E-state index in [4.69, 9.17) is 5.73 Å². The van der Waals surface area contributed by atoms with Crippen LogP contribution in [0.1, 0.15) is 42.7 Å². The third kappa shape index (κ3) is 4.19. The first-order valence-electron chi connectivity index (χ1n) is 6.27. The SMILES string of the molecule is CCC(C)(CCN)NC(=O)c1ccc(C(F)(F)F)cn1. The van der Waals surface area contributed by atoms with E-state index in [0.717, 1.165) is 12.1 Å². The molecule has 0 fully saturated rings. The van der Waals surface area contributed by atoms with Crippen molar-refractivity contribution in [3.05, 3.63) is 29.6 Å². The Morgan fingerprint density at radius 1 is 1.40 bits per heavy atom. The molecule has 0 bridgehead atoms. The Bertz CT molecular complexity index is 459. The van der Waals surface area contributed by atoms with Gasteiger partial charge in [0.1, 0.15) is 5.69 Å². The molecule has 7 heteroatoms. The highest BCUT2D eigenvalue weighted by atomic mass is 19.4. The van der Waals surface area contributed by atoms with Crippen LogP contribution in [-0.2, 0) is 6.18 Å². The third-order valence-corrected chi connectivity index (χ3v) is 3.22. The van der Waals surface area contributed by atoms with Gasteiger partial charge in [-0.25, -0.2) is 0 Å². The molecule has 1 rings (SSSR count). The van der Waals surface area contributed by atoms with Crippen LogP contribution in [0.5, 0.6) is 0 Å². The van der Waals surface area contributed by atoms with Crippen LogP contribution >= 0.6 is 0 Å². The summed E-state index contributed by atoms with van der Waals surface area (Å²) in [6, 6.07) is 1.91. The van der Waals surface area contributed by atoms with Crippen LogP contribution in [0.15, 0.2) is 18.3 Å². The van der Waals surface area contributed by atoms with Gasteiger partial charge in [-0.3, -0.25) is 9.78 Å². The summed E-state index contributed by atoms with van der Waals surface area (Å²) in [4.78, 5) is 15.5. The average Bonchev–Trinajstić information content (AvgIpc) is 2.38. The smallest absolute Gasteiger partial charge is 0.346 e. The van der Waals surface area contributed by atoms with Gasteiger partial charge in [-0.05, 0) is 38.4 Å². The van der Waals surface area contributed by atoms with Crippen molar-refractivity contribution in [3.8, 4) is 0 Å². The lowest BCUT2D eigenvalue weighted by Gasteiger charge is -2.29. The van der Waals surface area contributed by atoms with E-state index in [9.17, 15) is 18.0 Å². The Labute approximate surface area is 115 Å². The van der Waals surface area contributed by atoms with Crippen molar-refractivity contribution in [1.82, 2.24) is 10.3 Å². The number of aromatic nitrogens is 1. The molecule has 0 aliphatic heterocycles. The van der Waals surface area contributed by atoms with Crippen molar-refractivity contribution in [3.63, 3.8) is 0 Å². The van der Waals surface area contributed by atoms with E-state index >= 15 is 0 Å².